The fraction of sp³-hybridized carbons (Fsp3) is 0.125. The molecule has 10 aromatic rings. The molecule has 0 spiro atoms. The topological polar surface area (TPSA) is 0 Å². The lowest BCUT2D eigenvalue weighted by atomic mass is 9.80. The first-order valence-electron chi connectivity index (χ1n) is 22.8. The third-order valence-corrected chi connectivity index (χ3v) is 13.0. The van der Waals surface area contributed by atoms with Crippen molar-refractivity contribution in [2.24, 2.45) is 0 Å². The maximum atomic E-state index is 2.47. The molecule has 0 radical (unpaired) electrons. The Labute approximate surface area is 380 Å². The van der Waals surface area contributed by atoms with Gasteiger partial charge >= 0.3 is 0 Å². The Kier molecular flexibility index (Phi) is 12.2. The monoisotopic (exact) mass is 824 g/mol. The van der Waals surface area contributed by atoms with Crippen LogP contribution in [0.5, 0.6) is 0 Å². The first kappa shape index (κ1) is 42.0. The molecule has 0 aromatic heterocycles. The Bertz CT molecular complexity index is 3140. The molecule has 0 aliphatic heterocycles. The molecule has 1 aliphatic carbocycles. The van der Waals surface area contributed by atoms with Crippen LogP contribution in [0.2, 0.25) is 0 Å². The smallest absolute Gasteiger partial charge is 0.0159 e. The summed E-state index contributed by atoms with van der Waals surface area (Å²) < 4.78 is 0. The standard InChI is InChI=1S/C36H28.C15H16.C13H12/c1-23-21-32-34(29-15-9-7-13-27(23)29)35-30-16-10-8-14-28(30)31(22-33(35)36(32,2)3)26-19-17-25(18-20-26)24-11-5-4-6-12-24;1-2-6-13-9-11-15(12-10-13)14-7-4-3-5-8-14;1-11-7-9-13(10-8-11)12-5-3-2-4-6-12/h4-22H,1-3H3;3-5,7-12H,2,6H2,1H3;2-10H,1H3. The van der Waals surface area contributed by atoms with Crippen molar-refractivity contribution in [1.29, 1.82) is 0 Å². The normalized spacial score (nSPS) is 12.1. The van der Waals surface area contributed by atoms with E-state index in [9.17, 15) is 0 Å². The van der Waals surface area contributed by atoms with Gasteiger partial charge in [0.1, 0.15) is 0 Å². The predicted octanol–water partition coefficient (Wildman–Crippen LogP) is 17.9. The van der Waals surface area contributed by atoms with Gasteiger partial charge in [-0.1, -0.05) is 251 Å². The molecule has 0 atom stereocenters. The van der Waals surface area contributed by atoms with Crippen LogP contribution in [-0.4, -0.2) is 0 Å². The predicted molar refractivity (Wildman–Crippen MR) is 277 cm³/mol. The third kappa shape index (κ3) is 8.57. The van der Waals surface area contributed by atoms with Crippen LogP contribution < -0.4 is 0 Å². The number of hydrogen-bond donors (Lipinski definition) is 0. The van der Waals surface area contributed by atoms with Crippen molar-refractivity contribution in [3.63, 3.8) is 0 Å². The van der Waals surface area contributed by atoms with Crippen molar-refractivity contribution in [2.45, 2.75) is 52.9 Å². The number of rotatable bonds is 6. The molecule has 0 heterocycles. The minimum Gasteiger partial charge on any atom is -0.0651 e. The largest absolute Gasteiger partial charge is 0.0651 e. The molecule has 10 aromatic carbocycles. The van der Waals surface area contributed by atoms with Gasteiger partial charge in [-0.25, -0.2) is 0 Å². The van der Waals surface area contributed by atoms with Gasteiger partial charge in [0, 0.05) is 5.41 Å². The number of hydrogen-bond acceptors (Lipinski definition) is 0. The summed E-state index contributed by atoms with van der Waals surface area (Å²) in [5, 5.41) is 5.38. The summed E-state index contributed by atoms with van der Waals surface area (Å²) in [5.74, 6) is 0. The zero-order valence-electron chi connectivity index (χ0n) is 37.8. The summed E-state index contributed by atoms with van der Waals surface area (Å²) in [6.07, 6.45) is 2.39. The quantitative estimate of drug-likeness (QED) is 0.157. The fourth-order valence-corrected chi connectivity index (χ4v) is 9.47. The SMILES string of the molecule is CCCc1ccc(-c2ccccc2)cc1.Cc1cc2c(c3ccccc13)-c1c(cc(-c3ccc(-c4ccccc4)cc3)c3ccccc13)C2(C)C.Cc1ccc(-c2ccccc2)cc1. The molecule has 0 saturated heterocycles. The highest BCUT2D eigenvalue weighted by molar-refractivity contribution is 6.14. The second-order valence-corrected chi connectivity index (χ2v) is 17.7. The minimum absolute atomic E-state index is 0.0672. The lowest BCUT2D eigenvalue weighted by Gasteiger charge is -2.23. The molecule has 0 N–H and O–H groups in total. The van der Waals surface area contributed by atoms with Gasteiger partial charge in [-0.15, -0.1) is 0 Å². The van der Waals surface area contributed by atoms with E-state index in [4.69, 9.17) is 0 Å². The molecule has 11 rings (SSSR count). The van der Waals surface area contributed by atoms with Crippen molar-refractivity contribution >= 4 is 21.5 Å². The van der Waals surface area contributed by atoms with Gasteiger partial charge in [-0.3, -0.25) is 0 Å². The van der Waals surface area contributed by atoms with E-state index < -0.39 is 0 Å². The van der Waals surface area contributed by atoms with Crippen molar-refractivity contribution in [3.05, 3.63) is 252 Å². The van der Waals surface area contributed by atoms with E-state index in [1.54, 1.807) is 0 Å². The zero-order valence-corrected chi connectivity index (χ0v) is 37.8. The average molecular weight is 825 g/mol. The van der Waals surface area contributed by atoms with Gasteiger partial charge in [-0.05, 0) is 126 Å². The molecule has 0 unspecified atom stereocenters. The van der Waals surface area contributed by atoms with E-state index in [2.05, 4.69) is 253 Å². The molecule has 0 fully saturated rings. The molecule has 312 valence electrons. The van der Waals surface area contributed by atoms with Crippen LogP contribution in [0.3, 0.4) is 0 Å². The molecule has 0 bridgehead atoms. The molecule has 0 amide bonds. The number of aryl methyl sites for hydroxylation is 3. The molecule has 0 nitrogen and oxygen atoms in total. The molecule has 0 saturated carbocycles. The molecule has 64 heavy (non-hydrogen) atoms. The zero-order chi connectivity index (χ0) is 44.0. The molecular weight excluding hydrogens is 769 g/mol. The van der Waals surface area contributed by atoms with Gasteiger partial charge < -0.3 is 0 Å². The average Bonchev–Trinajstić information content (AvgIpc) is 3.58. The van der Waals surface area contributed by atoms with E-state index in [-0.39, 0.29) is 5.41 Å². The Balaban J connectivity index is 0.000000151. The van der Waals surface area contributed by atoms with Crippen molar-refractivity contribution in [2.75, 3.05) is 0 Å². The second kappa shape index (κ2) is 18.6. The van der Waals surface area contributed by atoms with Gasteiger partial charge in [0.15, 0.2) is 0 Å². The van der Waals surface area contributed by atoms with Crippen molar-refractivity contribution < 1.29 is 0 Å². The fourth-order valence-electron chi connectivity index (χ4n) is 9.47. The van der Waals surface area contributed by atoms with Crippen LogP contribution >= 0.6 is 0 Å². The number of fused-ring (bicyclic) bond motifs is 7. The highest BCUT2D eigenvalue weighted by Gasteiger charge is 2.38. The Morgan fingerprint density at radius 2 is 0.703 bits per heavy atom. The van der Waals surface area contributed by atoms with E-state index in [1.165, 1.54) is 118 Å². The summed E-state index contributed by atoms with van der Waals surface area (Å²) in [6.45, 7) is 11.4. The highest BCUT2D eigenvalue weighted by Crippen LogP contribution is 2.55. The first-order chi connectivity index (χ1) is 31.3. The highest BCUT2D eigenvalue weighted by atomic mass is 14.4. The summed E-state index contributed by atoms with van der Waals surface area (Å²) in [4.78, 5) is 0. The summed E-state index contributed by atoms with van der Waals surface area (Å²) in [7, 11) is 0. The Morgan fingerprint density at radius 1 is 0.344 bits per heavy atom. The van der Waals surface area contributed by atoms with E-state index in [0.717, 1.165) is 0 Å². The van der Waals surface area contributed by atoms with Crippen LogP contribution in [0.25, 0.3) is 77.2 Å². The molecule has 1 aliphatic rings. The summed E-state index contributed by atoms with van der Waals surface area (Å²) in [5.41, 5.74) is 19.9. The van der Waals surface area contributed by atoms with E-state index >= 15 is 0 Å². The first-order valence-corrected chi connectivity index (χ1v) is 22.8. The lowest BCUT2D eigenvalue weighted by Crippen LogP contribution is -2.15. The van der Waals surface area contributed by atoms with Gasteiger partial charge in [-0.2, -0.15) is 0 Å². The van der Waals surface area contributed by atoms with Crippen LogP contribution in [0.1, 0.15) is 55.0 Å². The second-order valence-electron chi connectivity index (χ2n) is 17.7. The van der Waals surface area contributed by atoms with E-state index in [0.29, 0.717) is 0 Å². The van der Waals surface area contributed by atoms with Crippen LogP contribution in [-0.2, 0) is 11.8 Å². The lowest BCUT2D eigenvalue weighted by molar-refractivity contribution is 0.661. The Hall–Kier alpha value is -7.28. The van der Waals surface area contributed by atoms with Gasteiger partial charge in [0.05, 0.1) is 0 Å². The maximum Gasteiger partial charge on any atom is 0.0159 e. The van der Waals surface area contributed by atoms with Gasteiger partial charge in [0.25, 0.3) is 0 Å². The number of benzene rings is 10. The van der Waals surface area contributed by atoms with Gasteiger partial charge in [0.2, 0.25) is 0 Å². The van der Waals surface area contributed by atoms with Crippen LogP contribution in [0.15, 0.2) is 224 Å². The molecular formula is C64H56. The van der Waals surface area contributed by atoms with Crippen LogP contribution in [0, 0.1) is 13.8 Å². The Morgan fingerprint density at radius 3 is 1.19 bits per heavy atom. The minimum atomic E-state index is -0.0672. The summed E-state index contributed by atoms with van der Waals surface area (Å²) in [6, 6.07) is 80.9. The summed E-state index contributed by atoms with van der Waals surface area (Å²) >= 11 is 0. The third-order valence-electron chi connectivity index (χ3n) is 13.0. The van der Waals surface area contributed by atoms with Crippen molar-refractivity contribution in [1.82, 2.24) is 0 Å². The van der Waals surface area contributed by atoms with Crippen molar-refractivity contribution in [3.8, 4) is 55.6 Å². The maximum absolute atomic E-state index is 2.47. The molecule has 0 heteroatoms. The van der Waals surface area contributed by atoms with Crippen LogP contribution in [0.4, 0.5) is 0 Å². The van der Waals surface area contributed by atoms with E-state index in [1.807, 2.05) is 6.07 Å².